The highest BCUT2D eigenvalue weighted by molar-refractivity contribution is 6.01. The summed E-state index contributed by atoms with van der Waals surface area (Å²) in [4.78, 5) is 28.5. The van der Waals surface area contributed by atoms with Crippen molar-refractivity contribution in [2.75, 3.05) is 5.32 Å². The number of Topliss-reactive ketones (excluding diaryl/α,β-unsaturated/α-hetero) is 1. The Morgan fingerprint density at radius 3 is 2.25 bits per heavy atom. The molecule has 0 bridgehead atoms. The smallest absolute Gasteiger partial charge is 0.426 e. The number of hydrogen-bond donors (Lipinski definition) is 2. The number of pyridine rings is 1. The first-order chi connectivity index (χ1) is 20.5. The highest BCUT2D eigenvalue weighted by Crippen LogP contribution is 2.47. The fourth-order valence-electron chi connectivity index (χ4n) is 4.20. The molecular weight excluding hydrogens is 598 g/mol. The van der Waals surface area contributed by atoms with Crippen LogP contribution in [0.2, 0.25) is 0 Å². The van der Waals surface area contributed by atoms with Gasteiger partial charge in [0.1, 0.15) is 5.69 Å². The molecule has 2 N–H and O–H groups in total. The summed E-state index contributed by atoms with van der Waals surface area (Å²) in [5.74, 6) is -3.13. The molecule has 2 aromatic heterocycles. The Hall–Kier alpha value is -4.53. The van der Waals surface area contributed by atoms with Crippen LogP contribution in [0, 0.1) is 5.41 Å². The van der Waals surface area contributed by atoms with Crippen molar-refractivity contribution in [3.8, 4) is 11.6 Å². The van der Waals surface area contributed by atoms with Crippen LogP contribution >= 0.6 is 0 Å². The number of carbonyl (C=O) groups excluding carboxylic acids is 1. The third-order valence-corrected chi connectivity index (χ3v) is 6.51. The fourth-order valence-corrected chi connectivity index (χ4v) is 4.20. The first-order valence-electron chi connectivity index (χ1n) is 12.9. The third-order valence-electron chi connectivity index (χ3n) is 6.51. The second-order valence-electron chi connectivity index (χ2n) is 10.3. The minimum absolute atomic E-state index is 0.0594. The maximum absolute atomic E-state index is 14.7. The van der Waals surface area contributed by atoms with E-state index in [2.05, 4.69) is 28.3 Å². The van der Waals surface area contributed by atoms with Crippen LogP contribution in [-0.2, 0) is 23.1 Å². The molecule has 0 aliphatic carbocycles. The molecule has 236 valence electrons. The Morgan fingerprint density at radius 2 is 1.70 bits per heavy atom. The normalized spacial score (nSPS) is 13.6. The molecule has 0 aliphatic heterocycles. The zero-order valence-corrected chi connectivity index (χ0v) is 23.6. The molecule has 3 aromatic rings. The zero-order chi connectivity index (χ0) is 32.9. The van der Waals surface area contributed by atoms with E-state index in [-0.39, 0.29) is 18.9 Å². The van der Waals surface area contributed by atoms with Gasteiger partial charge in [-0.1, -0.05) is 56.3 Å². The number of alkyl halides is 6. The Bertz CT molecular complexity index is 1520. The number of aromatic nitrogens is 3. The SMILES string of the molecule is C=CCC[C@@](OCc1ccccc1)(c1nnc(-c2nc(C(=O)C(C)(C)CC=C)c(C(F)(F)F)cc2NC(=O)O)o1)C(F)(F)F. The predicted octanol–water partition coefficient (Wildman–Crippen LogP) is 7.97. The van der Waals surface area contributed by atoms with Gasteiger partial charge in [0.15, 0.2) is 11.5 Å². The number of benzene rings is 1. The lowest BCUT2D eigenvalue weighted by Gasteiger charge is -2.32. The number of anilines is 1. The van der Waals surface area contributed by atoms with E-state index < -0.39 is 82.7 Å². The molecule has 1 atom stereocenters. The molecule has 3 rings (SSSR count). The van der Waals surface area contributed by atoms with Crippen molar-refractivity contribution < 1.29 is 50.2 Å². The van der Waals surface area contributed by atoms with E-state index in [1.54, 1.807) is 23.5 Å². The number of nitrogens with zero attached hydrogens (tertiary/aromatic N) is 3. The first-order valence-corrected chi connectivity index (χ1v) is 12.9. The minimum Gasteiger partial charge on any atom is -0.465 e. The predicted molar refractivity (Wildman–Crippen MR) is 145 cm³/mol. The van der Waals surface area contributed by atoms with Crippen LogP contribution in [0.25, 0.3) is 11.6 Å². The van der Waals surface area contributed by atoms with Gasteiger partial charge in [-0.05, 0) is 30.9 Å². The van der Waals surface area contributed by atoms with Gasteiger partial charge in [0, 0.05) is 5.41 Å². The monoisotopic (exact) mass is 626 g/mol. The van der Waals surface area contributed by atoms with Crippen LogP contribution in [0.1, 0.15) is 60.6 Å². The lowest BCUT2D eigenvalue weighted by Crippen LogP contribution is -2.45. The largest absolute Gasteiger partial charge is 0.465 e. The number of allylic oxidation sites excluding steroid dienone is 2. The van der Waals surface area contributed by atoms with Gasteiger partial charge in [-0.3, -0.25) is 10.1 Å². The van der Waals surface area contributed by atoms with Crippen molar-refractivity contribution in [3.63, 3.8) is 0 Å². The van der Waals surface area contributed by atoms with Crippen molar-refractivity contribution in [3.05, 3.63) is 84.4 Å². The standard InChI is InChI=1S/C29H28F6N4O5/c1-5-7-14-27(29(33,34)35,43-16-17-11-9-8-10-12-17)24-39-38-23(44-24)21-19(36-25(41)42)15-18(28(30,31)32)20(37-21)22(40)26(3,4)13-6-2/h5-6,8-12,15,36H,1-2,7,13-14,16H2,3-4H3,(H,41,42)/t27-/m1/s1. The molecule has 9 nitrogen and oxygen atoms in total. The number of hydrogen-bond acceptors (Lipinski definition) is 7. The molecule has 1 aromatic carbocycles. The van der Waals surface area contributed by atoms with E-state index in [1.165, 1.54) is 38.1 Å². The average molecular weight is 627 g/mol. The van der Waals surface area contributed by atoms with E-state index in [4.69, 9.17) is 9.15 Å². The summed E-state index contributed by atoms with van der Waals surface area (Å²) < 4.78 is 97.2. The summed E-state index contributed by atoms with van der Waals surface area (Å²) in [7, 11) is 0. The molecule has 0 aliphatic rings. The quantitative estimate of drug-likeness (QED) is 0.111. The summed E-state index contributed by atoms with van der Waals surface area (Å²) >= 11 is 0. The molecular formula is C29H28F6N4O5. The van der Waals surface area contributed by atoms with Crippen molar-refractivity contribution in [1.29, 1.82) is 0 Å². The van der Waals surface area contributed by atoms with Crippen molar-refractivity contribution in [1.82, 2.24) is 15.2 Å². The van der Waals surface area contributed by atoms with Crippen LogP contribution in [0.4, 0.5) is 36.8 Å². The van der Waals surface area contributed by atoms with Crippen LogP contribution in [0.15, 0.2) is 66.1 Å². The van der Waals surface area contributed by atoms with Gasteiger partial charge in [0.05, 0.1) is 17.9 Å². The molecule has 0 unspecified atom stereocenters. The van der Waals surface area contributed by atoms with Crippen LogP contribution in [-0.4, -0.2) is 38.3 Å². The molecule has 0 saturated heterocycles. The van der Waals surface area contributed by atoms with Gasteiger partial charge in [0.25, 0.3) is 11.8 Å². The van der Waals surface area contributed by atoms with Crippen molar-refractivity contribution in [2.24, 2.45) is 5.41 Å². The van der Waals surface area contributed by atoms with E-state index in [0.29, 0.717) is 5.56 Å². The number of halogens is 6. The zero-order valence-electron chi connectivity index (χ0n) is 23.6. The fraction of sp³-hybridized carbons (Fsp3) is 0.345. The Morgan fingerprint density at radius 1 is 1.05 bits per heavy atom. The van der Waals surface area contributed by atoms with E-state index in [1.807, 2.05) is 0 Å². The number of carbonyl (C=O) groups is 2. The van der Waals surface area contributed by atoms with Gasteiger partial charge in [-0.15, -0.1) is 23.4 Å². The van der Waals surface area contributed by atoms with Crippen molar-refractivity contribution >= 4 is 17.6 Å². The van der Waals surface area contributed by atoms with Crippen molar-refractivity contribution in [2.45, 2.75) is 57.7 Å². The van der Waals surface area contributed by atoms with Crippen LogP contribution in [0.5, 0.6) is 0 Å². The molecule has 1 amide bonds. The first kappa shape index (κ1) is 34.0. The summed E-state index contributed by atoms with van der Waals surface area (Å²) in [6.45, 7) is 9.07. The Balaban J connectivity index is 2.27. The molecule has 0 radical (unpaired) electrons. The summed E-state index contributed by atoms with van der Waals surface area (Å²) in [5.41, 5.74) is -8.68. The number of carboxylic acid groups (broad SMARTS) is 1. The van der Waals surface area contributed by atoms with Gasteiger partial charge in [0.2, 0.25) is 5.60 Å². The summed E-state index contributed by atoms with van der Waals surface area (Å²) in [6.07, 6.45) is -10.7. The molecule has 0 saturated carbocycles. The summed E-state index contributed by atoms with van der Waals surface area (Å²) in [5, 5.41) is 18.1. The highest BCUT2D eigenvalue weighted by Gasteiger charge is 2.61. The summed E-state index contributed by atoms with van der Waals surface area (Å²) in [6, 6.07) is 8.17. The van der Waals surface area contributed by atoms with Gasteiger partial charge in [-0.25, -0.2) is 9.78 Å². The molecule has 44 heavy (non-hydrogen) atoms. The van der Waals surface area contributed by atoms with E-state index in [0.717, 1.165) is 0 Å². The van der Waals surface area contributed by atoms with Gasteiger partial charge < -0.3 is 14.3 Å². The van der Waals surface area contributed by atoms with Crippen LogP contribution in [0.3, 0.4) is 0 Å². The minimum atomic E-state index is -5.18. The number of rotatable bonds is 13. The molecule has 0 fully saturated rings. The maximum atomic E-state index is 14.7. The lowest BCUT2D eigenvalue weighted by atomic mass is 9.81. The average Bonchev–Trinajstić information content (AvgIpc) is 3.42. The number of nitrogens with one attached hydrogen (secondary N) is 1. The third kappa shape index (κ3) is 7.33. The lowest BCUT2D eigenvalue weighted by molar-refractivity contribution is -0.299. The topological polar surface area (TPSA) is 127 Å². The van der Waals surface area contributed by atoms with Crippen LogP contribution < -0.4 is 5.32 Å². The number of amides is 1. The van der Waals surface area contributed by atoms with Gasteiger partial charge in [-0.2, -0.15) is 26.3 Å². The highest BCUT2D eigenvalue weighted by atomic mass is 19.4. The Kier molecular flexibility index (Phi) is 10.0. The maximum Gasteiger partial charge on any atom is 0.426 e. The Labute approximate surface area is 247 Å². The molecule has 15 heteroatoms. The van der Waals surface area contributed by atoms with E-state index in [9.17, 15) is 41.0 Å². The second-order valence-corrected chi connectivity index (χ2v) is 10.3. The van der Waals surface area contributed by atoms with E-state index >= 15 is 0 Å². The molecule has 0 spiro atoms. The second kappa shape index (κ2) is 13.0. The number of ketones is 1. The number of ether oxygens (including phenoxy) is 1. The van der Waals surface area contributed by atoms with Gasteiger partial charge >= 0.3 is 18.4 Å². The molecule has 2 heterocycles.